The molecule has 2 aliphatic rings. The number of ether oxygens (including phenoxy) is 3. The van der Waals surface area contributed by atoms with Gasteiger partial charge in [-0.25, -0.2) is 4.98 Å². The lowest BCUT2D eigenvalue weighted by Gasteiger charge is -2.18. The van der Waals surface area contributed by atoms with E-state index in [2.05, 4.69) is 10.3 Å². The topological polar surface area (TPSA) is 82.8 Å². The number of oxazole rings is 1. The highest BCUT2D eigenvalue weighted by atomic mass is 16.7. The predicted octanol–water partition coefficient (Wildman–Crippen LogP) is 2.55. The Labute approximate surface area is 132 Å². The first-order valence-electron chi connectivity index (χ1n) is 7.54. The van der Waals surface area contributed by atoms with E-state index in [1.54, 1.807) is 18.2 Å². The van der Waals surface area contributed by atoms with E-state index in [9.17, 15) is 4.79 Å². The van der Waals surface area contributed by atoms with Gasteiger partial charge in [-0.3, -0.25) is 4.79 Å². The van der Waals surface area contributed by atoms with Gasteiger partial charge in [0, 0.05) is 30.9 Å². The summed E-state index contributed by atoms with van der Waals surface area (Å²) < 4.78 is 21.3. The standard InChI is InChI=1S/C16H16N2O5/c19-15(17-11-1-2-13-14(7-11)23-9-22-13)12-8-21-16(18-12)10-3-5-20-6-4-10/h1-2,7-8,10H,3-6,9H2,(H,17,19). The van der Waals surface area contributed by atoms with E-state index in [-0.39, 0.29) is 24.3 Å². The van der Waals surface area contributed by atoms with E-state index in [1.807, 2.05) is 0 Å². The van der Waals surface area contributed by atoms with Gasteiger partial charge >= 0.3 is 0 Å². The molecule has 0 bridgehead atoms. The molecule has 4 rings (SSSR count). The molecular formula is C16H16N2O5. The van der Waals surface area contributed by atoms with Crippen LogP contribution in [0.2, 0.25) is 0 Å². The van der Waals surface area contributed by atoms with E-state index >= 15 is 0 Å². The molecule has 1 aromatic carbocycles. The van der Waals surface area contributed by atoms with Crippen LogP contribution in [0.4, 0.5) is 5.69 Å². The molecule has 1 aromatic heterocycles. The second-order valence-corrected chi connectivity index (χ2v) is 5.48. The summed E-state index contributed by atoms with van der Waals surface area (Å²) in [6, 6.07) is 5.23. The number of carbonyl (C=O) groups excluding carboxylic acids is 1. The molecule has 2 aliphatic heterocycles. The Bertz CT molecular complexity index is 721. The molecule has 1 N–H and O–H groups in total. The van der Waals surface area contributed by atoms with Crippen LogP contribution in [0.25, 0.3) is 0 Å². The monoisotopic (exact) mass is 316 g/mol. The molecular weight excluding hydrogens is 300 g/mol. The first-order valence-corrected chi connectivity index (χ1v) is 7.54. The fourth-order valence-corrected chi connectivity index (χ4v) is 2.69. The van der Waals surface area contributed by atoms with Crippen molar-refractivity contribution in [1.29, 1.82) is 0 Å². The predicted molar refractivity (Wildman–Crippen MR) is 79.8 cm³/mol. The van der Waals surface area contributed by atoms with Crippen LogP contribution in [-0.4, -0.2) is 30.9 Å². The fraction of sp³-hybridized carbons (Fsp3) is 0.375. The van der Waals surface area contributed by atoms with E-state index in [0.29, 0.717) is 36.3 Å². The molecule has 1 saturated heterocycles. The molecule has 7 nitrogen and oxygen atoms in total. The minimum Gasteiger partial charge on any atom is -0.454 e. The number of nitrogens with zero attached hydrogens (tertiary/aromatic N) is 1. The van der Waals surface area contributed by atoms with Crippen molar-refractivity contribution in [3.05, 3.63) is 36.0 Å². The summed E-state index contributed by atoms with van der Waals surface area (Å²) >= 11 is 0. The Balaban J connectivity index is 1.45. The zero-order valence-corrected chi connectivity index (χ0v) is 12.4. The zero-order valence-electron chi connectivity index (χ0n) is 12.4. The normalized spacial score (nSPS) is 17.2. The van der Waals surface area contributed by atoms with Crippen LogP contribution in [0.15, 0.2) is 28.9 Å². The maximum atomic E-state index is 12.3. The third-order valence-electron chi connectivity index (χ3n) is 3.96. The molecule has 120 valence electrons. The van der Waals surface area contributed by atoms with Gasteiger partial charge in [0.25, 0.3) is 5.91 Å². The van der Waals surface area contributed by atoms with Crippen molar-refractivity contribution < 1.29 is 23.4 Å². The molecule has 1 amide bonds. The summed E-state index contributed by atoms with van der Waals surface area (Å²) in [5.74, 6) is 1.79. The average Bonchev–Trinajstić information content (AvgIpc) is 3.24. The smallest absolute Gasteiger partial charge is 0.277 e. The number of rotatable bonds is 3. The molecule has 0 unspecified atom stereocenters. The van der Waals surface area contributed by atoms with Crippen molar-refractivity contribution in [3.63, 3.8) is 0 Å². The van der Waals surface area contributed by atoms with Gasteiger partial charge in [-0.1, -0.05) is 0 Å². The van der Waals surface area contributed by atoms with Crippen molar-refractivity contribution in [1.82, 2.24) is 4.98 Å². The van der Waals surface area contributed by atoms with Crippen LogP contribution in [0.5, 0.6) is 11.5 Å². The Morgan fingerprint density at radius 2 is 2.00 bits per heavy atom. The van der Waals surface area contributed by atoms with Gasteiger partial charge in [-0.05, 0) is 25.0 Å². The van der Waals surface area contributed by atoms with Crippen molar-refractivity contribution in [2.45, 2.75) is 18.8 Å². The van der Waals surface area contributed by atoms with Gasteiger partial charge in [-0.15, -0.1) is 0 Å². The summed E-state index contributed by atoms with van der Waals surface area (Å²) in [4.78, 5) is 16.6. The SMILES string of the molecule is O=C(Nc1ccc2c(c1)OCO2)c1coc(C2CCOCC2)n1. The minimum atomic E-state index is -0.314. The second kappa shape index (κ2) is 5.92. The fourth-order valence-electron chi connectivity index (χ4n) is 2.69. The van der Waals surface area contributed by atoms with Crippen LogP contribution in [0.1, 0.15) is 35.1 Å². The molecule has 0 aliphatic carbocycles. The number of amides is 1. The number of fused-ring (bicyclic) bond motifs is 1. The Kier molecular flexibility index (Phi) is 3.63. The third-order valence-corrected chi connectivity index (χ3v) is 3.96. The van der Waals surface area contributed by atoms with Gasteiger partial charge in [0.1, 0.15) is 6.26 Å². The van der Waals surface area contributed by atoms with E-state index in [0.717, 1.165) is 12.8 Å². The van der Waals surface area contributed by atoms with Crippen molar-refractivity contribution >= 4 is 11.6 Å². The van der Waals surface area contributed by atoms with Crippen molar-refractivity contribution in [3.8, 4) is 11.5 Å². The Hall–Kier alpha value is -2.54. The van der Waals surface area contributed by atoms with E-state index < -0.39 is 0 Å². The molecule has 1 fully saturated rings. The summed E-state index contributed by atoms with van der Waals surface area (Å²) in [7, 11) is 0. The van der Waals surface area contributed by atoms with Crippen LogP contribution in [-0.2, 0) is 4.74 Å². The molecule has 23 heavy (non-hydrogen) atoms. The molecule has 0 radical (unpaired) electrons. The molecule has 3 heterocycles. The zero-order chi connectivity index (χ0) is 15.6. The Morgan fingerprint density at radius 1 is 1.17 bits per heavy atom. The first kappa shape index (κ1) is 14.1. The van der Waals surface area contributed by atoms with Gasteiger partial charge in [0.15, 0.2) is 23.1 Å². The number of anilines is 1. The number of hydrogen-bond donors (Lipinski definition) is 1. The van der Waals surface area contributed by atoms with E-state index in [1.165, 1.54) is 6.26 Å². The average molecular weight is 316 g/mol. The third kappa shape index (κ3) is 2.87. The van der Waals surface area contributed by atoms with Gasteiger partial charge in [-0.2, -0.15) is 0 Å². The van der Waals surface area contributed by atoms with Crippen molar-refractivity contribution in [2.75, 3.05) is 25.3 Å². The molecule has 0 spiro atoms. The number of aromatic nitrogens is 1. The maximum absolute atomic E-state index is 12.3. The second-order valence-electron chi connectivity index (χ2n) is 5.48. The number of hydrogen-bond acceptors (Lipinski definition) is 6. The van der Waals surface area contributed by atoms with E-state index in [4.69, 9.17) is 18.6 Å². The quantitative estimate of drug-likeness (QED) is 0.937. The number of carbonyl (C=O) groups is 1. The lowest BCUT2D eigenvalue weighted by molar-refractivity contribution is 0.0794. The van der Waals surface area contributed by atoms with Crippen LogP contribution in [0, 0.1) is 0 Å². The summed E-state index contributed by atoms with van der Waals surface area (Å²) in [5.41, 5.74) is 0.888. The van der Waals surface area contributed by atoms with Crippen LogP contribution in [0.3, 0.4) is 0 Å². The lowest BCUT2D eigenvalue weighted by atomic mass is 10.0. The molecule has 0 atom stereocenters. The summed E-state index contributed by atoms with van der Waals surface area (Å²) in [6.45, 7) is 1.60. The molecule has 0 saturated carbocycles. The molecule has 2 aromatic rings. The van der Waals surface area contributed by atoms with Crippen molar-refractivity contribution in [2.24, 2.45) is 0 Å². The maximum Gasteiger partial charge on any atom is 0.277 e. The van der Waals surface area contributed by atoms with Gasteiger partial charge < -0.3 is 23.9 Å². The minimum absolute atomic E-state index is 0.199. The molecule has 7 heteroatoms. The lowest BCUT2D eigenvalue weighted by Crippen LogP contribution is -2.15. The van der Waals surface area contributed by atoms with Gasteiger partial charge in [0.05, 0.1) is 0 Å². The summed E-state index contributed by atoms with van der Waals surface area (Å²) in [5, 5.41) is 2.78. The number of nitrogens with one attached hydrogen (secondary N) is 1. The highest BCUT2D eigenvalue weighted by Crippen LogP contribution is 2.34. The highest BCUT2D eigenvalue weighted by Gasteiger charge is 2.23. The highest BCUT2D eigenvalue weighted by molar-refractivity contribution is 6.02. The Morgan fingerprint density at radius 3 is 2.87 bits per heavy atom. The largest absolute Gasteiger partial charge is 0.454 e. The number of benzene rings is 1. The van der Waals surface area contributed by atoms with Gasteiger partial charge in [0.2, 0.25) is 6.79 Å². The summed E-state index contributed by atoms with van der Waals surface area (Å²) in [6.07, 6.45) is 3.13. The first-order chi connectivity index (χ1) is 11.3. The van der Waals surface area contributed by atoms with Crippen LogP contribution < -0.4 is 14.8 Å². The van der Waals surface area contributed by atoms with Crippen LogP contribution >= 0.6 is 0 Å².